The molecular weight excluding hydrogens is 220 g/mol. The summed E-state index contributed by atoms with van der Waals surface area (Å²) in [6.45, 7) is 2.33. The fraction of sp³-hybridized carbons (Fsp3) is 0.438. The highest BCUT2D eigenvalue weighted by Gasteiger charge is 2.35. The Kier molecular flexibility index (Phi) is 2.83. The zero-order chi connectivity index (χ0) is 12.6. The summed E-state index contributed by atoms with van der Waals surface area (Å²) >= 11 is 0. The van der Waals surface area contributed by atoms with E-state index in [1.165, 1.54) is 36.6 Å². The third-order valence-corrected chi connectivity index (χ3v) is 4.48. The Hall–Kier alpha value is -1.41. The minimum atomic E-state index is 0.143. The Morgan fingerprint density at radius 1 is 1.22 bits per heavy atom. The smallest absolute Gasteiger partial charge is 0.0702 e. The SMILES string of the molecule is CC1(C(N)c2ccc3ncccc3c2)CCCC1. The van der Waals surface area contributed by atoms with E-state index in [9.17, 15) is 0 Å². The van der Waals surface area contributed by atoms with E-state index in [1.54, 1.807) is 0 Å². The number of fused-ring (bicyclic) bond motifs is 1. The lowest BCUT2D eigenvalue weighted by molar-refractivity contribution is 0.265. The average molecular weight is 240 g/mol. The van der Waals surface area contributed by atoms with Crippen LogP contribution in [0.4, 0.5) is 0 Å². The first-order valence-electron chi connectivity index (χ1n) is 6.79. The van der Waals surface area contributed by atoms with Gasteiger partial charge in [-0.05, 0) is 42.0 Å². The molecule has 2 N–H and O–H groups in total. The molecule has 3 rings (SSSR count). The van der Waals surface area contributed by atoms with E-state index >= 15 is 0 Å². The highest BCUT2D eigenvalue weighted by molar-refractivity contribution is 5.79. The van der Waals surface area contributed by atoms with Gasteiger partial charge in [0, 0.05) is 17.6 Å². The van der Waals surface area contributed by atoms with Crippen LogP contribution in [0.15, 0.2) is 36.5 Å². The van der Waals surface area contributed by atoms with E-state index in [4.69, 9.17) is 5.73 Å². The highest BCUT2D eigenvalue weighted by Crippen LogP contribution is 2.46. The summed E-state index contributed by atoms with van der Waals surface area (Å²) in [5.41, 5.74) is 9.08. The van der Waals surface area contributed by atoms with Crippen LogP contribution in [0.25, 0.3) is 10.9 Å². The zero-order valence-corrected chi connectivity index (χ0v) is 10.9. The van der Waals surface area contributed by atoms with Crippen LogP contribution >= 0.6 is 0 Å². The molecule has 2 nitrogen and oxygen atoms in total. The van der Waals surface area contributed by atoms with Gasteiger partial charge in [0.05, 0.1) is 5.52 Å². The van der Waals surface area contributed by atoms with Gasteiger partial charge in [-0.3, -0.25) is 4.98 Å². The number of hydrogen-bond acceptors (Lipinski definition) is 2. The molecule has 94 valence electrons. The van der Waals surface area contributed by atoms with Crippen LogP contribution in [-0.2, 0) is 0 Å². The summed E-state index contributed by atoms with van der Waals surface area (Å²) in [6, 6.07) is 10.7. The summed E-state index contributed by atoms with van der Waals surface area (Å²) in [6.07, 6.45) is 6.97. The number of pyridine rings is 1. The Balaban J connectivity index is 1.98. The standard InChI is InChI=1S/C16H20N2/c1-16(8-2-3-9-16)15(17)13-6-7-14-12(11-13)5-4-10-18-14/h4-7,10-11,15H,2-3,8-9,17H2,1H3. The number of nitrogens with two attached hydrogens (primary N) is 1. The molecule has 1 aromatic carbocycles. The van der Waals surface area contributed by atoms with Crippen LogP contribution in [0.1, 0.15) is 44.2 Å². The first-order valence-corrected chi connectivity index (χ1v) is 6.79. The van der Waals surface area contributed by atoms with Crippen LogP contribution in [0, 0.1) is 5.41 Å². The van der Waals surface area contributed by atoms with Gasteiger partial charge in [-0.1, -0.05) is 31.9 Å². The molecule has 1 atom stereocenters. The minimum Gasteiger partial charge on any atom is -0.323 e. The lowest BCUT2D eigenvalue weighted by Crippen LogP contribution is -2.29. The molecule has 0 saturated heterocycles. The van der Waals surface area contributed by atoms with Crippen LogP contribution in [0.3, 0.4) is 0 Å². The van der Waals surface area contributed by atoms with Crippen LogP contribution in [-0.4, -0.2) is 4.98 Å². The predicted molar refractivity (Wildman–Crippen MR) is 75.2 cm³/mol. The fourth-order valence-electron chi connectivity index (χ4n) is 3.18. The second-order valence-electron chi connectivity index (χ2n) is 5.79. The molecule has 1 fully saturated rings. The monoisotopic (exact) mass is 240 g/mol. The van der Waals surface area contributed by atoms with Crippen molar-refractivity contribution >= 4 is 10.9 Å². The third kappa shape index (κ3) is 1.91. The van der Waals surface area contributed by atoms with E-state index in [0.717, 1.165) is 5.52 Å². The second kappa shape index (κ2) is 4.36. The molecule has 1 saturated carbocycles. The molecular formula is C16H20N2. The normalized spacial score (nSPS) is 20.1. The van der Waals surface area contributed by atoms with Crippen molar-refractivity contribution in [3.05, 3.63) is 42.1 Å². The average Bonchev–Trinajstić information content (AvgIpc) is 2.85. The van der Waals surface area contributed by atoms with Gasteiger partial charge in [0.25, 0.3) is 0 Å². The Morgan fingerprint density at radius 3 is 2.78 bits per heavy atom. The van der Waals surface area contributed by atoms with E-state index in [0.29, 0.717) is 0 Å². The summed E-state index contributed by atoms with van der Waals surface area (Å²) in [5, 5.41) is 1.19. The van der Waals surface area contributed by atoms with E-state index < -0.39 is 0 Å². The fourth-order valence-corrected chi connectivity index (χ4v) is 3.18. The lowest BCUT2D eigenvalue weighted by atomic mass is 9.77. The minimum absolute atomic E-state index is 0.143. The molecule has 0 amide bonds. The highest BCUT2D eigenvalue weighted by atomic mass is 14.7. The maximum Gasteiger partial charge on any atom is 0.0702 e. The number of nitrogens with zero attached hydrogens (tertiary/aromatic N) is 1. The number of benzene rings is 1. The van der Waals surface area contributed by atoms with Crippen LogP contribution < -0.4 is 5.73 Å². The lowest BCUT2D eigenvalue weighted by Gasteiger charge is -2.31. The molecule has 2 heteroatoms. The topological polar surface area (TPSA) is 38.9 Å². The van der Waals surface area contributed by atoms with Crippen molar-refractivity contribution < 1.29 is 0 Å². The molecule has 18 heavy (non-hydrogen) atoms. The van der Waals surface area contributed by atoms with Gasteiger partial charge in [0.1, 0.15) is 0 Å². The second-order valence-corrected chi connectivity index (χ2v) is 5.79. The van der Waals surface area contributed by atoms with Crippen molar-refractivity contribution in [3.8, 4) is 0 Å². The van der Waals surface area contributed by atoms with E-state index in [1.807, 2.05) is 12.3 Å². The van der Waals surface area contributed by atoms with Crippen LogP contribution in [0.2, 0.25) is 0 Å². The molecule has 0 spiro atoms. The third-order valence-electron chi connectivity index (χ3n) is 4.48. The van der Waals surface area contributed by atoms with Gasteiger partial charge in [0.2, 0.25) is 0 Å². The van der Waals surface area contributed by atoms with E-state index in [2.05, 4.69) is 36.2 Å². The molecule has 1 heterocycles. The summed E-state index contributed by atoms with van der Waals surface area (Å²) < 4.78 is 0. The van der Waals surface area contributed by atoms with E-state index in [-0.39, 0.29) is 11.5 Å². The number of hydrogen-bond donors (Lipinski definition) is 1. The predicted octanol–water partition coefficient (Wildman–Crippen LogP) is 3.81. The Morgan fingerprint density at radius 2 is 2.00 bits per heavy atom. The van der Waals surface area contributed by atoms with Crippen molar-refractivity contribution in [2.75, 3.05) is 0 Å². The van der Waals surface area contributed by atoms with Gasteiger partial charge in [-0.15, -0.1) is 0 Å². The molecule has 2 aromatic rings. The molecule has 1 aromatic heterocycles. The van der Waals surface area contributed by atoms with Crippen molar-refractivity contribution in [1.29, 1.82) is 0 Å². The Labute approximate surface area is 108 Å². The molecule has 0 radical (unpaired) electrons. The largest absolute Gasteiger partial charge is 0.323 e. The number of rotatable bonds is 2. The van der Waals surface area contributed by atoms with Crippen molar-refractivity contribution in [2.45, 2.75) is 38.6 Å². The summed E-state index contributed by atoms with van der Waals surface area (Å²) in [4.78, 5) is 4.36. The molecule has 0 bridgehead atoms. The quantitative estimate of drug-likeness (QED) is 0.866. The first kappa shape index (κ1) is 11.7. The van der Waals surface area contributed by atoms with Crippen molar-refractivity contribution in [1.82, 2.24) is 4.98 Å². The molecule has 1 aliphatic carbocycles. The maximum atomic E-state index is 6.51. The molecule has 1 aliphatic rings. The van der Waals surface area contributed by atoms with Crippen LogP contribution in [0.5, 0.6) is 0 Å². The van der Waals surface area contributed by atoms with Gasteiger partial charge in [-0.25, -0.2) is 0 Å². The van der Waals surface area contributed by atoms with Gasteiger partial charge < -0.3 is 5.73 Å². The van der Waals surface area contributed by atoms with Gasteiger partial charge >= 0.3 is 0 Å². The summed E-state index contributed by atoms with van der Waals surface area (Å²) in [7, 11) is 0. The van der Waals surface area contributed by atoms with Gasteiger partial charge in [-0.2, -0.15) is 0 Å². The molecule has 0 aliphatic heterocycles. The Bertz CT molecular complexity index is 556. The number of aromatic nitrogens is 1. The van der Waals surface area contributed by atoms with Gasteiger partial charge in [0.15, 0.2) is 0 Å². The molecule has 1 unspecified atom stereocenters. The maximum absolute atomic E-state index is 6.51. The summed E-state index contributed by atoms with van der Waals surface area (Å²) in [5.74, 6) is 0. The van der Waals surface area contributed by atoms with Crippen molar-refractivity contribution in [2.24, 2.45) is 11.1 Å². The first-order chi connectivity index (χ1) is 8.69. The zero-order valence-electron chi connectivity index (χ0n) is 10.9. The van der Waals surface area contributed by atoms with Crippen molar-refractivity contribution in [3.63, 3.8) is 0 Å².